The van der Waals surface area contributed by atoms with E-state index in [9.17, 15) is 9.90 Å². The van der Waals surface area contributed by atoms with Crippen LogP contribution in [0.3, 0.4) is 0 Å². The number of carbonyl (C=O) groups is 1. The van der Waals surface area contributed by atoms with Crippen LogP contribution in [0.5, 0.6) is 11.5 Å². The monoisotopic (exact) mass is 425 g/mol. The zero-order valence-electron chi connectivity index (χ0n) is 17.9. The van der Waals surface area contributed by atoms with E-state index in [4.69, 9.17) is 9.47 Å². The second-order valence-corrected chi connectivity index (χ2v) is 6.98. The molecule has 164 valence electrons. The molecule has 1 aromatic carbocycles. The minimum absolute atomic E-state index is 0.362. The maximum absolute atomic E-state index is 11.7. The number of aliphatic carboxylic acids is 1. The zero-order chi connectivity index (χ0) is 22.2. The van der Waals surface area contributed by atoms with Gasteiger partial charge in [-0.05, 0) is 30.7 Å². The van der Waals surface area contributed by atoms with Crippen molar-refractivity contribution in [1.82, 2.24) is 15.0 Å². The molecule has 0 aliphatic carbocycles. The molecule has 0 amide bonds. The molecule has 1 atom stereocenters. The molecule has 0 spiro atoms. The minimum Gasteiger partial charge on any atom is -0.497 e. The lowest BCUT2D eigenvalue weighted by molar-refractivity contribution is -0.138. The summed E-state index contributed by atoms with van der Waals surface area (Å²) in [5.74, 6) is 1.21. The van der Waals surface area contributed by atoms with Gasteiger partial charge in [0.05, 0.1) is 19.7 Å². The van der Waals surface area contributed by atoms with E-state index in [0.29, 0.717) is 47.3 Å². The highest BCUT2D eigenvalue weighted by Crippen LogP contribution is 2.26. The standard InChI is InChI=1S/C22H27N5O4/c1-4-5-7-17(21(28)29)25-20-19-16(8-6-11-23-19)26-22(27-20)24-13-14-9-10-15(30-2)12-18(14)31-3/h6,8-12,17H,4-5,7,13H2,1-3H3,(H,28,29)(H2,24,25,26,27)/t17-/m1/s1. The molecule has 0 fully saturated rings. The van der Waals surface area contributed by atoms with Crippen molar-refractivity contribution in [2.45, 2.75) is 38.8 Å². The average molecular weight is 425 g/mol. The predicted molar refractivity (Wildman–Crippen MR) is 119 cm³/mol. The number of methoxy groups -OCH3 is 2. The quantitative estimate of drug-likeness (QED) is 0.422. The van der Waals surface area contributed by atoms with E-state index in [1.54, 1.807) is 32.5 Å². The van der Waals surface area contributed by atoms with Crippen LogP contribution in [0.4, 0.5) is 11.8 Å². The summed E-state index contributed by atoms with van der Waals surface area (Å²) in [4.78, 5) is 25.1. The number of pyridine rings is 1. The topological polar surface area (TPSA) is 118 Å². The van der Waals surface area contributed by atoms with Gasteiger partial charge < -0.3 is 25.2 Å². The largest absolute Gasteiger partial charge is 0.497 e. The lowest BCUT2D eigenvalue weighted by Gasteiger charge is -2.17. The van der Waals surface area contributed by atoms with E-state index in [1.807, 2.05) is 25.1 Å². The van der Waals surface area contributed by atoms with Crippen molar-refractivity contribution in [3.8, 4) is 11.5 Å². The number of nitrogens with one attached hydrogen (secondary N) is 2. The smallest absolute Gasteiger partial charge is 0.326 e. The van der Waals surface area contributed by atoms with E-state index >= 15 is 0 Å². The van der Waals surface area contributed by atoms with Crippen molar-refractivity contribution in [1.29, 1.82) is 0 Å². The lowest BCUT2D eigenvalue weighted by atomic mass is 10.1. The Morgan fingerprint density at radius 3 is 2.74 bits per heavy atom. The predicted octanol–water partition coefficient (Wildman–Crippen LogP) is 3.71. The first kappa shape index (κ1) is 22.1. The molecule has 0 aliphatic heterocycles. The van der Waals surface area contributed by atoms with Crippen molar-refractivity contribution >= 4 is 28.8 Å². The lowest BCUT2D eigenvalue weighted by Crippen LogP contribution is -2.30. The fraction of sp³-hybridized carbons (Fsp3) is 0.364. The molecule has 0 aliphatic rings. The van der Waals surface area contributed by atoms with Gasteiger partial charge in [-0.1, -0.05) is 19.8 Å². The Labute approximate surface area is 180 Å². The van der Waals surface area contributed by atoms with Crippen molar-refractivity contribution in [3.63, 3.8) is 0 Å². The summed E-state index contributed by atoms with van der Waals surface area (Å²) in [6.07, 6.45) is 3.83. The number of carboxylic acid groups (broad SMARTS) is 1. The van der Waals surface area contributed by atoms with Crippen LogP contribution < -0.4 is 20.1 Å². The number of aromatic nitrogens is 3. The van der Waals surface area contributed by atoms with Crippen molar-refractivity contribution < 1.29 is 19.4 Å². The number of nitrogens with zero attached hydrogens (tertiary/aromatic N) is 3. The van der Waals surface area contributed by atoms with Crippen molar-refractivity contribution in [2.24, 2.45) is 0 Å². The number of hydrogen-bond donors (Lipinski definition) is 3. The van der Waals surface area contributed by atoms with Crippen LogP contribution in [-0.4, -0.2) is 46.3 Å². The number of carboxylic acids is 1. The van der Waals surface area contributed by atoms with Crippen LogP contribution in [0.1, 0.15) is 31.7 Å². The molecule has 9 heteroatoms. The Morgan fingerprint density at radius 2 is 2.03 bits per heavy atom. The van der Waals surface area contributed by atoms with Gasteiger partial charge in [0.1, 0.15) is 23.1 Å². The number of ether oxygens (including phenoxy) is 2. The third-order valence-corrected chi connectivity index (χ3v) is 4.84. The maximum Gasteiger partial charge on any atom is 0.326 e. The zero-order valence-corrected chi connectivity index (χ0v) is 17.9. The van der Waals surface area contributed by atoms with Crippen LogP contribution >= 0.6 is 0 Å². The highest BCUT2D eigenvalue weighted by atomic mass is 16.5. The third kappa shape index (κ3) is 5.50. The average Bonchev–Trinajstić information content (AvgIpc) is 2.79. The summed E-state index contributed by atoms with van der Waals surface area (Å²) < 4.78 is 10.7. The molecule has 31 heavy (non-hydrogen) atoms. The number of rotatable bonds is 11. The summed E-state index contributed by atoms with van der Waals surface area (Å²) in [6, 6.07) is 8.40. The molecular formula is C22H27N5O4. The third-order valence-electron chi connectivity index (χ3n) is 4.84. The fourth-order valence-corrected chi connectivity index (χ4v) is 3.15. The van der Waals surface area contributed by atoms with Gasteiger partial charge in [-0.25, -0.2) is 9.78 Å². The van der Waals surface area contributed by atoms with E-state index in [-0.39, 0.29) is 0 Å². The Kier molecular flexibility index (Phi) is 7.42. The molecular weight excluding hydrogens is 398 g/mol. The minimum atomic E-state index is -0.923. The molecule has 0 radical (unpaired) electrons. The molecule has 0 saturated heterocycles. The molecule has 0 saturated carbocycles. The highest BCUT2D eigenvalue weighted by Gasteiger charge is 2.20. The van der Waals surface area contributed by atoms with Gasteiger partial charge >= 0.3 is 5.97 Å². The summed E-state index contributed by atoms with van der Waals surface area (Å²) >= 11 is 0. The van der Waals surface area contributed by atoms with E-state index in [2.05, 4.69) is 25.6 Å². The summed E-state index contributed by atoms with van der Waals surface area (Å²) in [6.45, 7) is 2.44. The first-order chi connectivity index (χ1) is 15.0. The van der Waals surface area contributed by atoms with Gasteiger partial charge in [0.15, 0.2) is 5.82 Å². The molecule has 2 aromatic heterocycles. The molecule has 9 nitrogen and oxygen atoms in total. The van der Waals surface area contributed by atoms with Gasteiger partial charge in [-0.15, -0.1) is 0 Å². The fourth-order valence-electron chi connectivity index (χ4n) is 3.15. The van der Waals surface area contributed by atoms with Crippen molar-refractivity contribution in [3.05, 3.63) is 42.1 Å². The second-order valence-electron chi connectivity index (χ2n) is 6.98. The molecule has 2 heterocycles. The normalized spacial score (nSPS) is 11.7. The Morgan fingerprint density at radius 1 is 1.19 bits per heavy atom. The Hall–Kier alpha value is -3.62. The summed E-state index contributed by atoms with van der Waals surface area (Å²) in [5.41, 5.74) is 2.04. The molecule has 3 N–H and O–H groups in total. The van der Waals surface area contributed by atoms with Gasteiger partial charge in [0, 0.05) is 24.4 Å². The van der Waals surface area contributed by atoms with Gasteiger partial charge in [0.25, 0.3) is 0 Å². The van der Waals surface area contributed by atoms with Crippen LogP contribution in [0.25, 0.3) is 11.0 Å². The van der Waals surface area contributed by atoms with Crippen LogP contribution in [0.2, 0.25) is 0 Å². The van der Waals surface area contributed by atoms with Gasteiger partial charge in [-0.3, -0.25) is 4.98 Å². The van der Waals surface area contributed by atoms with Crippen LogP contribution in [0.15, 0.2) is 36.5 Å². The first-order valence-electron chi connectivity index (χ1n) is 10.1. The molecule has 3 rings (SSSR count). The number of unbranched alkanes of at least 4 members (excludes halogenated alkanes) is 1. The molecule has 3 aromatic rings. The van der Waals surface area contributed by atoms with Crippen LogP contribution in [0, 0.1) is 0 Å². The SMILES string of the molecule is CCCC[C@@H](Nc1nc(NCc2ccc(OC)cc2OC)nc2cccnc12)C(=O)O. The first-order valence-corrected chi connectivity index (χ1v) is 10.1. The van der Waals surface area contributed by atoms with E-state index in [1.165, 1.54) is 0 Å². The van der Waals surface area contributed by atoms with Gasteiger partial charge in [0.2, 0.25) is 5.95 Å². The van der Waals surface area contributed by atoms with Crippen molar-refractivity contribution in [2.75, 3.05) is 24.9 Å². The molecule has 0 bridgehead atoms. The Bertz CT molecular complexity index is 1040. The molecule has 0 unspecified atom stereocenters. The summed E-state index contributed by atoms with van der Waals surface area (Å²) in [5, 5.41) is 15.8. The van der Waals surface area contributed by atoms with E-state index in [0.717, 1.165) is 18.4 Å². The van der Waals surface area contributed by atoms with E-state index < -0.39 is 12.0 Å². The number of fused-ring (bicyclic) bond motifs is 1. The highest BCUT2D eigenvalue weighted by molar-refractivity contribution is 5.88. The number of anilines is 2. The summed E-state index contributed by atoms with van der Waals surface area (Å²) in [7, 11) is 3.20. The number of hydrogen-bond acceptors (Lipinski definition) is 8. The number of benzene rings is 1. The maximum atomic E-state index is 11.7. The van der Waals surface area contributed by atoms with Crippen LogP contribution in [-0.2, 0) is 11.3 Å². The Balaban J connectivity index is 1.87. The van der Waals surface area contributed by atoms with Gasteiger partial charge in [-0.2, -0.15) is 4.98 Å². The second kappa shape index (κ2) is 10.4.